The molecule has 1 aliphatic rings. The van der Waals surface area contributed by atoms with Crippen LogP contribution >= 0.6 is 11.3 Å². The summed E-state index contributed by atoms with van der Waals surface area (Å²) >= 11 is 1.64. The summed E-state index contributed by atoms with van der Waals surface area (Å²) in [5.41, 5.74) is 1.15. The third-order valence-corrected chi connectivity index (χ3v) is 4.81. The number of amides is 1. The maximum atomic E-state index is 11.9. The molecule has 0 atom stereocenters. The minimum absolute atomic E-state index is 0.0905. The Morgan fingerprint density at radius 2 is 2.26 bits per heavy atom. The first-order chi connectivity index (χ1) is 9.11. The Labute approximate surface area is 119 Å². The van der Waals surface area contributed by atoms with E-state index in [0.717, 1.165) is 49.6 Å². The van der Waals surface area contributed by atoms with Gasteiger partial charge in [0, 0.05) is 11.9 Å². The summed E-state index contributed by atoms with van der Waals surface area (Å²) in [5.74, 6) is 0.0905. The van der Waals surface area contributed by atoms with Crippen LogP contribution in [0.3, 0.4) is 0 Å². The van der Waals surface area contributed by atoms with E-state index in [1.165, 1.54) is 0 Å². The van der Waals surface area contributed by atoms with Gasteiger partial charge in [0.15, 0.2) is 0 Å². The van der Waals surface area contributed by atoms with Crippen molar-refractivity contribution in [3.8, 4) is 0 Å². The molecule has 0 bridgehead atoms. The van der Waals surface area contributed by atoms with Crippen LogP contribution in [0.1, 0.15) is 37.4 Å². The van der Waals surface area contributed by atoms with Gasteiger partial charge in [0.25, 0.3) is 0 Å². The van der Waals surface area contributed by atoms with Crippen LogP contribution < -0.4 is 10.6 Å². The van der Waals surface area contributed by atoms with Gasteiger partial charge in [-0.25, -0.2) is 4.98 Å². The van der Waals surface area contributed by atoms with Gasteiger partial charge in [0.05, 0.1) is 17.1 Å². The molecule has 2 N–H and O–H groups in total. The lowest BCUT2D eigenvalue weighted by atomic mass is 9.81. The van der Waals surface area contributed by atoms with Crippen LogP contribution in [0.25, 0.3) is 0 Å². The zero-order valence-corrected chi connectivity index (χ0v) is 12.6. The fraction of sp³-hybridized carbons (Fsp3) is 0.714. The number of aromatic nitrogens is 1. The second-order valence-electron chi connectivity index (χ2n) is 5.60. The maximum Gasteiger partial charge on any atom is 0.226 e. The summed E-state index contributed by atoms with van der Waals surface area (Å²) in [7, 11) is 0. The van der Waals surface area contributed by atoms with E-state index in [4.69, 9.17) is 0 Å². The van der Waals surface area contributed by atoms with Crippen molar-refractivity contribution in [2.75, 3.05) is 19.6 Å². The van der Waals surface area contributed by atoms with Crippen molar-refractivity contribution in [2.45, 2.75) is 39.5 Å². The fourth-order valence-electron chi connectivity index (χ4n) is 2.34. The molecule has 2 heterocycles. The van der Waals surface area contributed by atoms with Crippen LogP contribution in [0.4, 0.5) is 0 Å². The Morgan fingerprint density at radius 3 is 2.89 bits per heavy atom. The number of thiazole rings is 1. The average molecular weight is 281 g/mol. The second kappa shape index (κ2) is 6.48. The summed E-state index contributed by atoms with van der Waals surface area (Å²) < 4.78 is 0. The SMILES string of the molecule is CCc1nc(CC(=O)NCC2(C)CCNCC2)cs1. The first kappa shape index (κ1) is 14.5. The predicted octanol–water partition coefficient (Wildman–Crippen LogP) is 1.75. The van der Waals surface area contributed by atoms with Crippen molar-refractivity contribution in [3.63, 3.8) is 0 Å². The van der Waals surface area contributed by atoms with E-state index in [1.807, 2.05) is 5.38 Å². The molecule has 1 amide bonds. The van der Waals surface area contributed by atoms with E-state index < -0.39 is 0 Å². The molecule has 4 nitrogen and oxygen atoms in total. The average Bonchev–Trinajstić information content (AvgIpc) is 2.85. The lowest BCUT2D eigenvalue weighted by molar-refractivity contribution is -0.121. The van der Waals surface area contributed by atoms with Crippen LogP contribution in [0.15, 0.2) is 5.38 Å². The molecule has 19 heavy (non-hydrogen) atoms. The Kier molecular flexibility index (Phi) is 4.93. The highest BCUT2D eigenvalue weighted by atomic mass is 32.1. The summed E-state index contributed by atoms with van der Waals surface area (Å²) in [6.45, 7) is 7.22. The van der Waals surface area contributed by atoms with Crippen LogP contribution in [0.5, 0.6) is 0 Å². The quantitative estimate of drug-likeness (QED) is 0.864. The minimum Gasteiger partial charge on any atom is -0.355 e. The van der Waals surface area contributed by atoms with Crippen molar-refractivity contribution >= 4 is 17.2 Å². The van der Waals surface area contributed by atoms with Gasteiger partial charge in [-0.05, 0) is 37.8 Å². The predicted molar refractivity (Wildman–Crippen MR) is 78.4 cm³/mol. The number of carbonyl (C=O) groups is 1. The van der Waals surface area contributed by atoms with Gasteiger partial charge in [0.1, 0.15) is 0 Å². The number of carbonyl (C=O) groups excluding carboxylic acids is 1. The molecular formula is C14H23N3OS. The summed E-state index contributed by atoms with van der Waals surface area (Å²) in [6.07, 6.45) is 3.61. The van der Waals surface area contributed by atoms with Gasteiger partial charge in [-0.15, -0.1) is 11.3 Å². The van der Waals surface area contributed by atoms with Gasteiger partial charge in [-0.2, -0.15) is 0 Å². The summed E-state index contributed by atoms with van der Waals surface area (Å²) in [4.78, 5) is 16.4. The van der Waals surface area contributed by atoms with Gasteiger partial charge in [-0.3, -0.25) is 4.79 Å². The highest BCUT2D eigenvalue weighted by Crippen LogP contribution is 2.26. The fourth-order valence-corrected chi connectivity index (χ4v) is 3.08. The van der Waals surface area contributed by atoms with Crippen molar-refractivity contribution in [3.05, 3.63) is 16.1 Å². The maximum absolute atomic E-state index is 11.9. The zero-order chi connectivity index (χ0) is 13.7. The van der Waals surface area contributed by atoms with E-state index in [-0.39, 0.29) is 11.3 Å². The van der Waals surface area contributed by atoms with Gasteiger partial charge < -0.3 is 10.6 Å². The van der Waals surface area contributed by atoms with Crippen molar-refractivity contribution in [2.24, 2.45) is 5.41 Å². The number of nitrogens with one attached hydrogen (secondary N) is 2. The number of hydrogen-bond acceptors (Lipinski definition) is 4. The number of aryl methyl sites for hydroxylation is 1. The number of piperidine rings is 1. The van der Waals surface area contributed by atoms with E-state index in [0.29, 0.717) is 6.42 Å². The molecule has 5 heteroatoms. The third kappa shape index (κ3) is 4.28. The van der Waals surface area contributed by atoms with E-state index >= 15 is 0 Å². The topological polar surface area (TPSA) is 54.0 Å². The molecule has 0 spiro atoms. The smallest absolute Gasteiger partial charge is 0.226 e. The lowest BCUT2D eigenvalue weighted by Crippen LogP contribution is -2.43. The number of nitrogens with zero attached hydrogens (tertiary/aromatic N) is 1. The van der Waals surface area contributed by atoms with Gasteiger partial charge in [0.2, 0.25) is 5.91 Å². The molecular weight excluding hydrogens is 258 g/mol. The molecule has 0 radical (unpaired) electrons. The summed E-state index contributed by atoms with van der Waals surface area (Å²) in [5, 5.41) is 9.52. The molecule has 1 aromatic rings. The van der Waals surface area contributed by atoms with Crippen LogP contribution in [0, 0.1) is 5.41 Å². The largest absolute Gasteiger partial charge is 0.355 e. The highest BCUT2D eigenvalue weighted by Gasteiger charge is 2.26. The molecule has 0 aliphatic carbocycles. The molecule has 0 aromatic carbocycles. The second-order valence-corrected chi connectivity index (χ2v) is 6.54. The highest BCUT2D eigenvalue weighted by molar-refractivity contribution is 7.09. The van der Waals surface area contributed by atoms with Crippen LogP contribution in [-0.2, 0) is 17.6 Å². The standard InChI is InChI=1S/C14H23N3OS/c1-3-13-17-11(9-19-13)8-12(18)16-10-14(2)4-6-15-7-5-14/h9,15H,3-8,10H2,1-2H3,(H,16,18). The van der Waals surface area contributed by atoms with Crippen molar-refractivity contribution in [1.82, 2.24) is 15.6 Å². The van der Waals surface area contributed by atoms with Crippen LogP contribution in [0.2, 0.25) is 0 Å². The molecule has 1 saturated heterocycles. The van der Waals surface area contributed by atoms with Crippen molar-refractivity contribution < 1.29 is 4.79 Å². The molecule has 0 saturated carbocycles. The molecule has 1 aromatic heterocycles. The Balaban J connectivity index is 1.77. The number of hydrogen-bond donors (Lipinski definition) is 2. The Bertz CT molecular complexity index is 424. The molecule has 2 rings (SSSR count). The monoisotopic (exact) mass is 281 g/mol. The third-order valence-electron chi connectivity index (χ3n) is 3.77. The van der Waals surface area contributed by atoms with Crippen molar-refractivity contribution in [1.29, 1.82) is 0 Å². The molecule has 1 fully saturated rings. The molecule has 1 aliphatic heterocycles. The first-order valence-corrected chi connectivity index (χ1v) is 7.90. The zero-order valence-electron chi connectivity index (χ0n) is 11.8. The Hall–Kier alpha value is -0.940. The summed E-state index contributed by atoms with van der Waals surface area (Å²) in [6, 6.07) is 0. The van der Waals surface area contributed by atoms with E-state index in [2.05, 4.69) is 29.5 Å². The lowest BCUT2D eigenvalue weighted by Gasteiger charge is -2.34. The van der Waals surface area contributed by atoms with E-state index in [9.17, 15) is 4.79 Å². The molecule has 106 valence electrons. The first-order valence-electron chi connectivity index (χ1n) is 7.02. The van der Waals surface area contributed by atoms with Gasteiger partial charge in [-0.1, -0.05) is 13.8 Å². The van der Waals surface area contributed by atoms with Gasteiger partial charge >= 0.3 is 0 Å². The normalized spacial score (nSPS) is 18.2. The minimum atomic E-state index is 0.0905. The van der Waals surface area contributed by atoms with E-state index in [1.54, 1.807) is 11.3 Å². The molecule has 0 unspecified atom stereocenters. The number of rotatable bonds is 5. The van der Waals surface area contributed by atoms with Crippen LogP contribution in [-0.4, -0.2) is 30.5 Å². The Morgan fingerprint density at radius 1 is 1.53 bits per heavy atom.